The van der Waals surface area contributed by atoms with Crippen molar-refractivity contribution in [1.82, 2.24) is 0 Å². The van der Waals surface area contributed by atoms with E-state index in [-0.39, 0.29) is 11.2 Å². The highest BCUT2D eigenvalue weighted by molar-refractivity contribution is 5.97. The zero-order chi connectivity index (χ0) is 14.1. The van der Waals surface area contributed by atoms with Crippen LogP contribution in [0.3, 0.4) is 0 Å². The highest BCUT2D eigenvalue weighted by Crippen LogP contribution is 2.30. The van der Waals surface area contributed by atoms with Gasteiger partial charge in [-0.1, -0.05) is 33.8 Å². The molecule has 0 bridgehead atoms. The number of carbonyl (C=O) groups is 1. The molecule has 0 N–H and O–H groups in total. The van der Waals surface area contributed by atoms with Gasteiger partial charge in [-0.05, 0) is 54.9 Å². The predicted octanol–water partition coefficient (Wildman–Crippen LogP) is 4.87. The first-order valence-corrected chi connectivity index (χ1v) is 6.74. The van der Waals surface area contributed by atoms with Crippen molar-refractivity contribution in [2.75, 3.05) is 0 Å². The van der Waals surface area contributed by atoms with Gasteiger partial charge in [-0.2, -0.15) is 0 Å². The third-order valence-electron chi connectivity index (χ3n) is 4.11. The topological polar surface area (TPSA) is 17.1 Å². The maximum absolute atomic E-state index is 12.4. The Bertz CT molecular complexity index is 449. The number of ketones is 1. The molecule has 1 aromatic carbocycles. The number of rotatable bonds is 3. The molecule has 1 nitrogen and oxygen atoms in total. The zero-order valence-electron chi connectivity index (χ0n) is 12.8. The monoisotopic (exact) mass is 246 g/mol. The molecular formula is C17H26O. The van der Waals surface area contributed by atoms with Gasteiger partial charge in [-0.15, -0.1) is 0 Å². The van der Waals surface area contributed by atoms with Crippen molar-refractivity contribution in [3.05, 3.63) is 34.4 Å². The first-order chi connectivity index (χ1) is 8.12. The molecule has 0 spiro atoms. The third kappa shape index (κ3) is 3.44. The first-order valence-electron chi connectivity index (χ1n) is 6.74. The molecule has 1 rings (SSSR count). The molecule has 1 unspecified atom stereocenters. The first kappa shape index (κ1) is 14.9. The number of Topliss-reactive ketones (excluding diaryl/α,β-unsaturated/α-hetero) is 1. The van der Waals surface area contributed by atoms with E-state index in [1.807, 2.05) is 13.0 Å². The van der Waals surface area contributed by atoms with Crippen molar-refractivity contribution < 1.29 is 4.79 Å². The van der Waals surface area contributed by atoms with E-state index in [1.54, 1.807) is 0 Å². The number of aryl methyl sites for hydroxylation is 3. The Labute approximate surface area is 112 Å². The van der Waals surface area contributed by atoms with Crippen LogP contribution in [-0.2, 0) is 0 Å². The van der Waals surface area contributed by atoms with Crippen molar-refractivity contribution in [3.8, 4) is 0 Å². The minimum Gasteiger partial charge on any atom is -0.294 e. The highest BCUT2D eigenvalue weighted by atomic mass is 16.1. The second kappa shape index (κ2) is 5.26. The fourth-order valence-corrected chi connectivity index (χ4v) is 1.96. The molecular weight excluding hydrogens is 220 g/mol. The minimum absolute atomic E-state index is 0.184. The fraction of sp³-hybridized carbons (Fsp3) is 0.588. The van der Waals surface area contributed by atoms with E-state index in [2.05, 4.69) is 47.6 Å². The van der Waals surface area contributed by atoms with Crippen LogP contribution < -0.4 is 0 Å². The van der Waals surface area contributed by atoms with Crippen molar-refractivity contribution in [1.29, 1.82) is 0 Å². The van der Waals surface area contributed by atoms with E-state index in [4.69, 9.17) is 0 Å². The smallest absolute Gasteiger partial charge is 0.163 e. The maximum Gasteiger partial charge on any atom is 0.163 e. The molecule has 1 atom stereocenters. The van der Waals surface area contributed by atoms with Gasteiger partial charge >= 0.3 is 0 Å². The molecule has 1 heteroatoms. The second-order valence-electron chi connectivity index (χ2n) is 6.65. The van der Waals surface area contributed by atoms with Gasteiger partial charge in [0.2, 0.25) is 0 Å². The predicted molar refractivity (Wildman–Crippen MR) is 78.2 cm³/mol. The Morgan fingerprint density at radius 3 is 2.06 bits per heavy atom. The number of benzene rings is 1. The molecule has 0 aliphatic carbocycles. The summed E-state index contributed by atoms with van der Waals surface area (Å²) in [4.78, 5) is 12.4. The van der Waals surface area contributed by atoms with Crippen LogP contribution in [0, 0.1) is 32.1 Å². The molecule has 0 aromatic heterocycles. The largest absolute Gasteiger partial charge is 0.294 e. The van der Waals surface area contributed by atoms with Crippen LogP contribution in [0.4, 0.5) is 0 Å². The molecule has 0 heterocycles. The molecule has 0 saturated carbocycles. The zero-order valence-corrected chi connectivity index (χ0v) is 12.8. The molecule has 100 valence electrons. The second-order valence-corrected chi connectivity index (χ2v) is 6.65. The summed E-state index contributed by atoms with van der Waals surface area (Å²) in [5, 5.41) is 0. The van der Waals surface area contributed by atoms with Gasteiger partial charge in [-0.3, -0.25) is 4.79 Å². The van der Waals surface area contributed by atoms with Gasteiger partial charge in [-0.25, -0.2) is 0 Å². The van der Waals surface area contributed by atoms with Gasteiger partial charge in [0, 0.05) is 12.0 Å². The van der Waals surface area contributed by atoms with Crippen LogP contribution >= 0.6 is 0 Å². The SMILES string of the molecule is Cc1cc(C)c(C(=O)CC(C)C(C)(C)C)cc1C. The third-order valence-corrected chi connectivity index (χ3v) is 4.11. The lowest BCUT2D eigenvalue weighted by atomic mass is 9.78. The lowest BCUT2D eigenvalue weighted by Gasteiger charge is -2.26. The van der Waals surface area contributed by atoms with Crippen molar-refractivity contribution in [2.45, 2.75) is 54.9 Å². The van der Waals surface area contributed by atoms with Gasteiger partial charge in [0.15, 0.2) is 5.78 Å². The molecule has 0 saturated heterocycles. The van der Waals surface area contributed by atoms with Crippen LogP contribution in [0.5, 0.6) is 0 Å². The van der Waals surface area contributed by atoms with E-state index >= 15 is 0 Å². The quantitative estimate of drug-likeness (QED) is 0.696. The lowest BCUT2D eigenvalue weighted by Crippen LogP contribution is -2.21. The maximum atomic E-state index is 12.4. The van der Waals surface area contributed by atoms with Crippen LogP contribution in [0.25, 0.3) is 0 Å². The Hall–Kier alpha value is -1.11. The summed E-state index contributed by atoms with van der Waals surface area (Å²) in [6.07, 6.45) is 0.632. The van der Waals surface area contributed by atoms with Crippen LogP contribution in [0.2, 0.25) is 0 Å². The summed E-state index contributed by atoms with van der Waals surface area (Å²) < 4.78 is 0. The molecule has 0 aliphatic heterocycles. The lowest BCUT2D eigenvalue weighted by molar-refractivity contribution is 0.0926. The van der Waals surface area contributed by atoms with Gasteiger partial charge in [0.1, 0.15) is 0 Å². The van der Waals surface area contributed by atoms with Crippen molar-refractivity contribution >= 4 is 5.78 Å². The van der Waals surface area contributed by atoms with Gasteiger partial charge < -0.3 is 0 Å². The molecule has 0 amide bonds. The summed E-state index contributed by atoms with van der Waals surface area (Å²) in [6, 6.07) is 4.16. The van der Waals surface area contributed by atoms with Crippen LogP contribution in [-0.4, -0.2) is 5.78 Å². The van der Waals surface area contributed by atoms with Crippen molar-refractivity contribution in [3.63, 3.8) is 0 Å². The molecule has 0 radical (unpaired) electrons. The Morgan fingerprint density at radius 2 is 1.56 bits per heavy atom. The van der Waals surface area contributed by atoms with Crippen LogP contribution in [0.1, 0.15) is 61.2 Å². The number of hydrogen-bond acceptors (Lipinski definition) is 1. The summed E-state index contributed by atoms with van der Waals surface area (Å²) in [6.45, 7) is 14.9. The molecule has 18 heavy (non-hydrogen) atoms. The summed E-state index contributed by atoms with van der Waals surface area (Å²) in [5.41, 5.74) is 4.64. The standard InChI is InChI=1S/C17H26O/c1-11-8-13(3)15(9-12(11)2)16(18)10-14(4)17(5,6)7/h8-9,14H,10H2,1-7H3. The average molecular weight is 246 g/mol. The van der Waals surface area contributed by atoms with E-state index in [0.29, 0.717) is 12.3 Å². The Morgan fingerprint density at radius 1 is 1.06 bits per heavy atom. The Kier molecular flexibility index (Phi) is 4.37. The van der Waals surface area contributed by atoms with Crippen molar-refractivity contribution in [2.24, 2.45) is 11.3 Å². The minimum atomic E-state index is 0.184. The van der Waals surface area contributed by atoms with Gasteiger partial charge in [0.25, 0.3) is 0 Å². The highest BCUT2D eigenvalue weighted by Gasteiger charge is 2.23. The van der Waals surface area contributed by atoms with E-state index < -0.39 is 0 Å². The number of hydrogen-bond donors (Lipinski definition) is 0. The number of carbonyl (C=O) groups excluding carboxylic acids is 1. The van der Waals surface area contributed by atoms with E-state index in [0.717, 1.165) is 11.1 Å². The van der Waals surface area contributed by atoms with E-state index in [9.17, 15) is 4.79 Å². The van der Waals surface area contributed by atoms with Crippen LogP contribution in [0.15, 0.2) is 12.1 Å². The fourth-order valence-electron chi connectivity index (χ4n) is 1.96. The molecule has 0 aliphatic rings. The Balaban J connectivity index is 2.95. The normalized spacial score (nSPS) is 13.5. The average Bonchev–Trinajstić information content (AvgIpc) is 2.21. The molecule has 1 aromatic rings. The van der Waals surface area contributed by atoms with Gasteiger partial charge in [0.05, 0.1) is 0 Å². The van der Waals surface area contributed by atoms with E-state index in [1.165, 1.54) is 11.1 Å². The molecule has 0 fully saturated rings. The summed E-state index contributed by atoms with van der Waals surface area (Å²) in [5.74, 6) is 0.670. The summed E-state index contributed by atoms with van der Waals surface area (Å²) >= 11 is 0. The summed E-state index contributed by atoms with van der Waals surface area (Å²) in [7, 11) is 0.